The van der Waals surface area contributed by atoms with Crippen LogP contribution in [-0.4, -0.2) is 34.8 Å². The first-order valence-corrected chi connectivity index (χ1v) is 5.92. The molecule has 1 heterocycles. The zero-order chi connectivity index (χ0) is 13.7. The van der Waals surface area contributed by atoms with Crippen LogP contribution in [0.25, 0.3) is 0 Å². The number of tetrazole rings is 1. The Kier molecular flexibility index (Phi) is 4.30. The third-order valence-corrected chi connectivity index (χ3v) is 2.86. The summed E-state index contributed by atoms with van der Waals surface area (Å²) in [6.45, 7) is 2.60. The highest BCUT2D eigenvalue weighted by Gasteiger charge is 2.10. The maximum Gasteiger partial charge on any atom is 0.188 e. The lowest BCUT2D eigenvalue weighted by molar-refractivity contribution is 0.354. The number of aromatic amines is 1. The van der Waals surface area contributed by atoms with Gasteiger partial charge in [-0.2, -0.15) is 5.21 Å². The van der Waals surface area contributed by atoms with Gasteiger partial charge in [0.2, 0.25) is 0 Å². The molecular formula is C12H17N5O2. The van der Waals surface area contributed by atoms with Crippen LogP contribution < -0.4 is 14.8 Å². The molecule has 0 amide bonds. The van der Waals surface area contributed by atoms with E-state index in [0.29, 0.717) is 18.1 Å². The van der Waals surface area contributed by atoms with Gasteiger partial charge in [0.25, 0.3) is 0 Å². The number of methoxy groups -OCH3 is 2. The van der Waals surface area contributed by atoms with Crippen molar-refractivity contribution in [3.63, 3.8) is 0 Å². The lowest BCUT2D eigenvalue weighted by atomic mass is 10.1. The third-order valence-electron chi connectivity index (χ3n) is 2.86. The van der Waals surface area contributed by atoms with Crippen molar-refractivity contribution >= 4 is 0 Å². The van der Waals surface area contributed by atoms with Crippen molar-refractivity contribution in [2.75, 3.05) is 14.2 Å². The highest BCUT2D eigenvalue weighted by atomic mass is 16.5. The average Bonchev–Trinajstić information content (AvgIpc) is 2.97. The fourth-order valence-corrected chi connectivity index (χ4v) is 1.74. The number of H-pyrrole nitrogens is 1. The van der Waals surface area contributed by atoms with Crippen LogP contribution in [0.15, 0.2) is 18.2 Å². The van der Waals surface area contributed by atoms with Crippen LogP contribution in [0.5, 0.6) is 11.5 Å². The predicted molar refractivity (Wildman–Crippen MR) is 69.0 cm³/mol. The summed E-state index contributed by atoms with van der Waals surface area (Å²) in [6, 6.07) is 5.97. The largest absolute Gasteiger partial charge is 0.493 e. The summed E-state index contributed by atoms with van der Waals surface area (Å²) in [7, 11) is 3.24. The van der Waals surface area contributed by atoms with Gasteiger partial charge in [-0.15, -0.1) is 10.2 Å². The molecule has 0 radical (unpaired) electrons. The fourth-order valence-electron chi connectivity index (χ4n) is 1.74. The molecule has 0 aliphatic rings. The van der Waals surface area contributed by atoms with Gasteiger partial charge in [0, 0.05) is 6.04 Å². The fraction of sp³-hybridized carbons (Fsp3) is 0.417. The van der Waals surface area contributed by atoms with E-state index in [0.717, 1.165) is 11.3 Å². The Balaban J connectivity index is 2.04. The van der Waals surface area contributed by atoms with Crippen LogP contribution in [0.3, 0.4) is 0 Å². The standard InChI is InChI=1S/C12H17N5O2/c1-8(13-7-12-14-16-17-15-12)9-4-5-10(18-2)11(6-9)19-3/h4-6,8,13H,7H2,1-3H3,(H,14,15,16,17). The minimum absolute atomic E-state index is 0.137. The lowest BCUT2D eigenvalue weighted by Crippen LogP contribution is -2.19. The number of nitrogens with zero attached hydrogens (tertiary/aromatic N) is 3. The summed E-state index contributed by atoms with van der Waals surface area (Å²) >= 11 is 0. The second kappa shape index (κ2) is 6.14. The summed E-state index contributed by atoms with van der Waals surface area (Å²) in [5, 5.41) is 17.0. The Morgan fingerprint density at radius 3 is 2.68 bits per heavy atom. The monoisotopic (exact) mass is 263 g/mol. The van der Waals surface area contributed by atoms with Gasteiger partial charge in [0.1, 0.15) is 0 Å². The summed E-state index contributed by atoms with van der Waals surface area (Å²) in [6.07, 6.45) is 0. The second-order valence-electron chi connectivity index (χ2n) is 4.05. The van der Waals surface area contributed by atoms with Gasteiger partial charge < -0.3 is 14.8 Å². The van der Waals surface area contributed by atoms with E-state index < -0.39 is 0 Å². The van der Waals surface area contributed by atoms with Gasteiger partial charge >= 0.3 is 0 Å². The number of hydrogen-bond acceptors (Lipinski definition) is 6. The van der Waals surface area contributed by atoms with Crippen LogP contribution in [0.2, 0.25) is 0 Å². The number of nitrogens with one attached hydrogen (secondary N) is 2. The van der Waals surface area contributed by atoms with E-state index in [2.05, 4.69) is 32.9 Å². The van der Waals surface area contributed by atoms with Gasteiger partial charge in [0.15, 0.2) is 17.3 Å². The molecule has 1 aromatic carbocycles. The number of hydrogen-bond donors (Lipinski definition) is 2. The van der Waals surface area contributed by atoms with Crippen molar-refractivity contribution in [3.05, 3.63) is 29.6 Å². The van der Waals surface area contributed by atoms with E-state index in [1.807, 2.05) is 18.2 Å². The topological polar surface area (TPSA) is 85.0 Å². The van der Waals surface area contributed by atoms with Crippen molar-refractivity contribution in [3.8, 4) is 11.5 Å². The van der Waals surface area contributed by atoms with Crippen molar-refractivity contribution in [1.29, 1.82) is 0 Å². The van der Waals surface area contributed by atoms with Crippen LogP contribution in [0, 0.1) is 0 Å². The van der Waals surface area contributed by atoms with Crippen molar-refractivity contribution in [2.24, 2.45) is 0 Å². The molecular weight excluding hydrogens is 246 g/mol. The summed E-state index contributed by atoms with van der Waals surface area (Å²) in [4.78, 5) is 0. The summed E-state index contributed by atoms with van der Waals surface area (Å²) < 4.78 is 10.5. The first kappa shape index (κ1) is 13.3. The van der Waals surface area contributed by atoms with E-state index in [-0.39, 0.29) is 6.04 Å². The molecule has 2 rings (SSSR count). The van der Waals surface area contributed by atoms with Crippen LogP contribution >= 0.6 is 0 Å². The van der Waals surface area contributed by atoms with E-state index in [9.17, 15) is 0 Å². The minimum Gasteiger partial charge on any atom is -0.493 e. The Bertz CT molecular complexity index is 515. The average molecular weight is 263 g/mol. The molecule has 2 N–H and O–H groups in total. The highest BCUT2D eigenvalue weighted by Crippen LogP contribution is 2.29. The van der Waals surface area contributed by atoms with Gasteiger partial charge in [-0.1, -0.05) is 11.3 Å². The maximum absolute atomic E-state index is 5.28. The normalized spacial score (nSPS) is 12.2. The SMILES string of the molecule is COc1ccc(C(C)NCc2nn[nH]n2)cc1OC. The molecule has 1 unspecified atom stereocenters. The second-order valence-corrected chi connectivity index (χ2v) is 4.05. The minimum atomic E-state index is 0.137. The molecule has 1 atom stereocenters. The smallest absolute Gasteiger partial charge is 0.188 e. The van der Waals surface area contributed by atoms with Crippen LogP contribution in [0.4, 0.5) is 0 Å². The van der Waals surface area contributed by atoms with Crippen LogP contribution in [-0.2, 0) is 6.54 Å². The molecule has 0 aliphatic carbocycles. The summed E-state index contributed by atoms with van der Waals surface area (Å²) in [5.41, 5.74) is 1.10. The maximum atomic E-state index is 5.28. The Hall–Kier alpha value is -2.15. The molecule has 0 saturated heterocycles. The number of ether oxygens (including phenoxy) is 2. The predicted octanol–water partition coefficient (Wildman–Crippen LogP) is 1.07. The lowest BCUT2D eigenvalue weighted by Gasteiger charge is -2.15. The Labute approximate surface area is 111 Å². The molecule has 1 aromatic heterocycles. The zero-order valence-corrected chi connectivity index (χ0v) is 11.2. The first-order valence-electron chi connectivity index (χ1n) is 5.92. The number of rotatable bonds is 6. The molecule has 0 spiro atoms. The molecule has 7 heteroatoms. The van der Waals surface area contributed by atoms with E-state index in [1.54, 1.807) is 14.2 Å². The van der Waals surface area contributed by atoms with Crippen molar-refractivity contribution in [1.82, 2.24) is 25.9 Å². The highest BCUT2D eigenvalue weighted by molar-refractivity contribution is 5.43. The Morgan fingerprint density at radius 2 is 2.05 bits per heavy atom. The Morgan fingerprint density at radius 1 is 1.26 bits per heavy atom. The molecule has 0 fully saturated rings. The number of benzene rings is 1. The van der Waals surface area contributed by atoms with E-state index in [1.165, 1.54) is 0 Å². The van der Waals surface area contributed by atoms with E-state index >= 15 is 0 Å². The van der Waals surface area contributed by atoms with Gasteiger partial charge in [0.05, 0.1) is 20.8 Å². The molecule has 0 bridgehead atoms. The molecule has 0 aliphatic heterocycles. The molecule has 102 valence electrons. The van der Waals surface area contributed by atoms with Crippen molar-refractivity contribution in [2.45, 2.75) is 19.5 Å². The molecule has 19 heavy (non-hydrogen) atoms. The van der Waals surface area contributed by atoms with Crippen molar-refractivity contribution < 1.29 is 9.47 Å². The van der Waals surface area contributed by atoms with Crippen LogP contribution in [0.1, 0.15) is 24.4 Å². The van der Waals surface area contributed by atoms with Gasteiger partial charge in [-0.05, 0) is 24.6 Å². The third kappa shape index (κ3) is 3.19. The molecule has 0 saturated carbocycles. The first-order chi connectivity index (χ1) is 9.24. The molecule has 2 aromatic rings. The quantitative estimate of drug-likeness (QED) is 0.811. The zero-order valence-electron chi connectivity index (χ0n) is 11.2. The number of aromatic nitrogens is 4. The molecule has 7 nitrogen and oxygen atoms in total. The van der Waals surface area contributed by atoms with Gasteiger partial charge in [-0.25, -0.2) is 0 Å². The summed E-state index contributed by atoms with van der Waals surface area (Å²) in [5.74, 6) is 2.07. The van der Waals surface area contributed by atoms with Gasteiger partial charge in [-0.3, -0.25) is 0 Å². The van der Waals surface area contributed by atoms with E-state index in [4.69, 9.17) is 9.47 Å².